The minimum absolute atomic E-state index is 0.164. The molecule has 1 atom stereocenters. The Balaban J connectivity index is 2.15. The number of halogens is 4. The van der Waals surface area contributed by atoms with E-state index in [1.54, 1.807) is 42.2 Å². The van der Waals surface area contributed by atoms with E-state index >= 15 is 0 Å². The molecule has 4 nitrogen and oxygen atoms in total. The van der Waals surface area contributed by atoms with Gasteiger partial charge in [0, 0.05) is 27.9 Å². The normalized spacial score (nSPS) is 12.4. The van der Waals surface area contributed by atoms with E-state index in [1.807, 2.05) is 26.8 Å². The van der Waals surface area contributed by atoms with Gasteiger partial charge in [-0.05, 0) is 63.1 Å². The van der Waals surface area contributed by atoms with E-state index in [4.69, 9.17) is 46.4 Å². The lowest BCUT2D eigenvalue weighted by atomic mass is 10.1. The van der Waals surface area contributed by atoms with Gasteiger partial charge in [-0.2, -0.15) is 0 Å². The highest BCUT2D eigenvalue weighted by Crippen LogP contribution is 2.26. The molecule has 0 spiro atoms. The van der Waals surface area contributed by atoms with Crippen molar-refractivity contribution in [2.24, 2.45) is 0 Å². The fourth-order valence-electron chi connectivity index (χ4n) is 2.86. The molecule has 0 radical (unpaired) electrons. The van der Waals surface area contributed by atoms with Gasteiger partial charge in [0.1, 0.15) is 6.04 Å². The third kappa shape index (κ3) is 8.35. The number of carbonyl (C=O) groups is 2. The molecule has 174 valence electrons. The lowest BCUT2D eigenvalue weighted by Gasteiger charge is -2.31. The van der Waals surface area contributed by atoms with Crippen LogP contribution in [0, 0.1) is 0 Å². The molecule has 2 aromatic rings. The molecule has 0 fully saturated rings. The number of hydrogen-bond donors (Lipinski definition) is 1. The van der Waals surface area contributed by atoms with Gasteiger partial charge in [0.2, 0.25) is 11.8 Å². The van der Waals surface area contributed by atoms with Crippen molar-refractivity contribution in [1.82, 2.24) is 10.2 Å². The Morgan fingerprint density at radius 3 is 2.28 bits per heavy atom. The highest BCUT2D eigenvalue weighted by Gasteiger charge is 2.28. The summed E-state index contributed by atoms with van der Waals surface area (Å²) in [7, 11) is 0. The second kappa shape index (κ2) is 11.8. The summed E-state index contributed by atoms with van der Waals surface area (Å²) in [5.74, 6) is 0.345. The van der Waals surface area contributed by atoms with Crippen molar-refractivity contribution in [2.45, 2.75) is 51.6 Å². The highest BCUT2D eigenvalue weighted by atomic mass is 35.5. The van der Waals surface area contributed by atoms with Crippen molar-refractivity contribution in [1.29, 1.82) is 0 Å². The third-order valence-electron chi connectivity index (χ3n) is 4.50. The second-order valence-corrected chi connectivity index (χ2v) is 11.1. The van der Waals surface area contributed by atoms with Crippen LogP contribution in [0.15, 0.2) is 36.4 Å². The van der Waals surface area contributed by atoms with Crippen LogP contribution in [0.4, 0.5) is 0 Å². The standard InChI is InChI=1S/C23H26Cl4N2O2S/c1-14(22(31)28-23(2,3)4)29(11-15-5-8-18(25)20(27)9-15)21(30)13-32-12-16-6-7-17(24)10-19(16)26/h5-10,14H,11-13H2,1-4H3,(H,28,31). The molecule has 2 aromatic carbocycles. The molecule has 0 saturated heterocycles. The molecular formula is C23H26Cl4N2O2S. The zero-order chi connectivity index (χ0) is 24.1. The number of carbonyl (C=O) groups excluding carboxylic acids is 2. The van der Waals surface area contributed by atoms with Crippen LogP contribution >= 0.6 is 58.2 Å². The van der Waals surface area contributed by atoms with Crippen molar-refractivity contribution in [3.05, 3.63) is 67.6 Å². The van der Waals surface area contributed by atoms with Gasteiger partial charge in [0.25, 0.3) is 0 Å². The molecule has 2 rings (SSSR count). The van der Waals surface area contributed by atoms with Crippen LogP contribution in [0.3, 0.4) is 0 Å². The van der Waals surface area contributed by atoms with Gasteiger partial charge in [0.15, 0.2) is 0 Å². The summed E-state index contributed by atoms with van der Waals surface area (Å²) >= 11 is 25.8. The maximum Gasteiger partial charge on any atom is 0.242 e. The smallest absolute Gasteiger partial charge is 0.242 e. The van der Waals surface area contributed by atoms with Crippen molar-refractivity contribution in [3.8, 4) is 0 Å². The SMILES string of the molecule is CC(C(=O)NC(C)(C)C)N(Cc1ccc(Cl)c(Cl)c1)C(=O)CSCc1ccc(Cl)cc1Cl. The number of nitrogens with one attached hydrogen (secondary N) is 1. The first-order chi connectivity index (χ1) is 14.9. The molecule has 0 aromatic heterocycles. The molecule has 0 bridgehead atoms. The van der Waals surface area contributed by atoms with Crippen LogP contribution in [0.25, 0.3) is 0 Å². The number of nitrogens with zero attached hydrogens (tertiary/aromatic N) is 1. The summed E-state index contributed by atoms with van der Waals surface area (Å²) in [6.07, 6.45) is 0. The molecule has 1 unspecified atom stereocenters. The Morgan fingerprint density at radius 1 is 1.00 bits per heavy atom. The summed E-state index contributed by atoms with van der Waals surface area (Å²) < 4.78 is 0. The summed E-state index contributed by atoms with van der Waals surface area (Å²) in [5, 5.41) is 4.89. The van der Waals surface area contributed by atoms with E-state index < -0.39 is 11.6 Å². The van der Waals surface area contributed by atoms with Gasteiger partial charge in [-0.25, -0.2) is 0 Å². The Kier molecular flexibility index (Phi) is 10.0. The number of hydrogen-bond acceptors (Lipinski definition) is 3. The van der Waals surface area contributed by atoms with Crippen LogP contribution in [0.5, 0.6) is 0 Å². The minimum Gasteiger partial charge on any atom is -0.350 e. The van der Waals surface area contributed by atoms with Crippen LogP contribution < -0.4 is 5.32 Å². The van der Waals surface area contributed by atoms with Crippen LogP contribution in [0.1, 0.15) is 38.8 Å². The number of benzene rings is 2. The topological polar surface area (TPSA) is 49.4 Å². The summed E-state index contributed by atoms with van der Waals surface area (Å²) in [5.41, 5.74) is 1.27. The lowest BCUT2D eigenvalue weighted by molar-refractivity contribution is -0.139. The largest absolute Gasteiger partial charge is 0.350 e. The molecule has 0 saturated carbocycles. The Morgan fingerprint density at radius 2 is 1.69 bits per heavy atom. The van der Waals surface area contributed by atoms with Crippen molar-refractivity contribution in [3.63, 3.8) is 0 Å². The summed E-state index contributed by atoms with van der Waals surface area (Å²) in [4.78, 5) is 27.5. The average Bonchev–Trinajstić information content (AvgIpc) is 2.68. The fourth-order valence-corrected chi connectivity index (χ4v) is 4.65. The number of thioether (sulfide) groups is 1. The van der Waals surface area contributed by atoms with E-state index in [0.29, 0.717) is 25.8 Å². The summed E-state index contributed by atoms with van der Waals surface area (Å²) in [6, 6.07) is 9.80. The Hall–Kier alpha value is -1.11. The number of amides is 2. The molecule has 2 amide bonds. The average molecular weight is 536 g/mol. The molecule has 0 aliphatic rings. The molecule has 0 aliphatic heterocycles. The van der Waals surface area contributed by atoms with E-state index in [0.717, 1.165) is 11.1 Å². The van der Waals surface area contributed by atoms with Crippen LogP contribution in [0.2, 0.25) is 20.1 Å². The third-order valence-corrected chi connectivity index (χ3v) is 6.79. The maximum atomic E-state index is 13.2. The zero-order valence-corrected chi connectivity index (χ0v) is 22.2. The van der Waals surface area contributed by atoms with E-state index in [-0.39, 0.29) is 24.1 Å². The minimum atomic E-state index is -0.670. The van der Waals surface area contributed by atoms with Crippen molar-refractivity contribution < 1.29 is 9.59 Å². The van der Waals surface area contributed by atoms with Gasteiger partial charge in [-0.1, -0.05) is 58.5 Å². The first-order valence-corrected chi connectivity index (χ1v) is 12.6. The first kappa shape index (κ1) is 27.1. The van der Waals surface area contributed by atoms with Gasteiger partial charge in [-0.3, -0.25) is 9.59 Å². The van der Waals surface area contributed by atoms with Gasteiger partial charge in [-0.15, -0.1) is 11.8 Å². The molecule has 0 heterocycles. The van der Waals surface area contributed by atoms with E-state index in [9.17, 15) is 9.59 Å². The molecule has 9 heteroatoms. The highest BCUT2D eigenvalue weighted by molar-refractivity contribution is 7.99. The number of rotatable bonds is 8. The van der Waals surface area contributed by atoms with Gasteiger partial charge >= 0.3 is 0 Å². The maximum absolute atomic E-state index is 13.2. The van der Waals surface area contributed by atoms with Gasteiger partial charge < -0.3 is 10.2 Å². The fraction of sp³-hybridized carbons (Fsp3) is 0.391. The quantitative estimate of drug-likeness (QED) is 0.401. The molecule has 1 N–H and O–H groups in total. The molecular weight excluding hydrogens is 510 g/mol. The zero-order valence-electron chi connectivity index (χ0n) is 18.3. The van der Waals surface area contributed by atoms with E-state index in [2.05, 4.69) is 5.32 Å². The summed E-state index contributed by atoms with van der Waals surface area (Å²) in [6.45, 7) is 7.64. The van der Waals surface area contributed by atoms with Gasteiger partial charge in [0.05, 0.1) is 15.8 Å². The van der Waals surface area contributed by atoms with E-state index in [1.165, 1.54) is 11.8 Å². The monoisotopic (exact) mass is 534 g/mol. The lowest BCUT2D eigenvalue weighted by Crippen LogP contribution is -2.52. The second-order valence-electron chi connectivity index (χ2n) is 8.41. The first-order valence-electron chi connectivity index (χ1n) is 9.94. The van der Waals surface area contributed by atoms with Crippen molar-refractivity contribution in [2.75, 3.05) is 5.75 Å². The molecule has 0 aliphatic carbocycles. The predicted octanol–water partition coefficient (Wildman–Crippen LogP) is 6.87. The van der Waals surface area contributed by atoms with Crippen LogP contribution in [-0.4, -0.2) is 34.0 Å². The molecule has 32 heavy (non-hydrogen) atoms. The Bertz CT molecular complexity index is 979. The predicted molar refractivity (Wildman–Crippen MR) is 137 cm³/mol. The Labute approximate surface area is 213 Å². The van der Waals surface area contributed by atoms with Crippen molar-refractivity contribution >= 4 is 70.0 Å². The van der Waals surface area contributed by atoms with Crippen LogP contribution in [-0.2, 0) is 21.9 Å².